The zero-order valence-corrected chi connectivity index (χ0v) is 24.0. The van der Waals surface area contributed by atoms with Crippen LogP contribution in [0.3, 0.4) is 0 Å². The molecule has 2 atom stereocenters. The third-order valence-corrected chi connectivity index (χ3v) is 9.14. The van der Waals surface area contributed by atoms with Crippen molar-refractivity contribution in [2.24, 2.45) is 0 Å². The number of nitrogens with zero attached hydrogens (tertiary/aromatic N) is 4. The number of alkyl halides is 1. The van der Waals surface area contributed by atoms with Gasteiger partial charge in [0.15, 0.2) is 17.2 Å². The molecule has 1 N–H and O–H groups in total. The number of hydrogen-bond acceptors (Lipinski definition) is 6. The van der Waals surface area contributed by atoms with E-state index in [9.17, 15) is 9.59 Å². The van der Waals surface area contributed by atoms with Gasteiger partial charge >= 0.3 is 6.09 Å². The van der Waals surface area contributed by atoms with E-state index in [2.05, 4.69) is 35.2 Å². The first kappa shape index (κ1) is 27.8. The Morgan fingerprint density at radius 1 is 1.35 bits per heavy atom. The van der Waals surface area contributed by atoms with Gasteiger partial charge in [-0.25, -0.2) is 9.18 Å². The van der Waals surface area contributed by atoms with E-state index in [4.69, 9.17) is 32.7 Å². The van der Waals surface area contributed by atoms with Crippen molar-refractivity contribution in [1.82, 2.24) is 19.7 Å². The van der Waals surface area contributed by atoms with Crippen LogP contribution in [-0.4, -0.2) is 59.4 Å². The van der Waals surface area contributed by atoms with Crippen molar-refractivity contribution in [3.8, 4) is 0 Å². The molecule has 1 aromatic heterocycles. The first-order valence-electron chi connectivity index (χ1n) is 12.4. The van der Waals surface area contributed by atoms with Crippen LogP contribution >= 0.6 is 23.2 Å². The molecule has 3 heterocycles. The lowest BCUT2D eigenvalue weighted by Crippen LogP contribution is -2.54. The minimum atomic E-state index is -1.37. The van der Waals surface area contributed by atoms with Crippen LogP contribution in [0, 0.1) is 5.82 Å². The van der Waals surface area contributed by atoms with Crippen LogP contribution in [0.5, 0.6) is 0 Å². The first-order valence-corrected chi connectivity index (χ1v) is 16.9. The van der Waals surface area contributed by atoms with E-state index in [0.29, 0.717) is 38.2 Å². The molecule has 37 heavy (non-hydrogen) atoms. The molecule has 1 aromatic carbocycles. The van der Waals surface area contributed by atoms with Crippen LogP contribution in [0.2, 0.25) is 30.7 Å². The molecule has 1 unspecified atom stereocenters. The summed E-state index contributed by atoms with van der Waals surface area (Å²) in [6.45, 7) is 9.65. The highest BCUT2D eigenvalue weighted by molar-refractivity contribution is 6.76. The largest absolute Gasteiger partial charge is 0.436 e. The summed E-state index contributed by atoms with van der Waals surface area (Å²) in [6, 6.07) is 3.88. The van der Waals surface area contributed by atoms with Gasteiger partial charge in [-0.05, 0) is 37.4 Å². The Balaban J connectivity index is 1.63. The van der Waals surface area contributed by atoms with Crippen molar-refractivity contribution in [3.05, 3.63) is 40.2 Å². The van der Waals surface area contributed by atoms with E-state index in [1.165, 1.54) is 17.0 Å². The molecule has 4 rings (SSSR count). The highest BCUT2D eigenvalue weighted by atomic mass is 35.5. The SMILES string of the molecule is CCC(Cl)c1nnc(C(=O)N2CCC[C@@]3(C2)OC(=O)Nc2ccc(Cl)c(F)c23)n1COCC[Si](C)(C)C. The molecule has 0 aliphatic carbocycles. The monoisotopic (exact) mass is 571 g/mol. The fourth-order valence-corrected chi connectivity index (χ4v) is 5.71. The zero-order valence-electron chi connectivity index (χ0n) is 21.4. The van der Waals surface area contributed by atoms with Crippen molar-refractivity contribution >= 4 is 49.0 Å². The first-order chi connectivity index (χ1) is 17.5. The molecular formula is C24H32Cl2FN5O4Si. The predicted molar refractivity (Wildman–Crippen MR) is 141 cm³/mol. The molecule has 2 aliphatic heterocycles. The van der Waals surface area contributed by atoms with Gasteiger partial charge in [-0.1, -0.05) is 38.2 Å². The Morgan fingerprint density at radius 3 is 2.81 bits per heavy atom. The van der Waals surface area contributed by atoms with Crippen LogP contribution in [0.4, 0.5) is 14.9 Å². The molecule has 202 valence electrons. The number of piperidine rings is 1. The number of carbonyl (C=O) groups is 2. The van der Waals surface area contributed by atoms with E-state index in [0.717, 1.165) is 6.04 Å². The van der Waals surface area contributed by atoms with Crippen molar-refractivity contribution < 1.29 is 23.5 Å². The summed E-state index contributed by atoms with van der Waals surface area (Å²) in [5.74, 6) is -0.581. The number of hydrogen-bond donors (Lipinski definition) is 1. The van der Waals surface area contributed by atoms with E-state index >= 15 is 4.39 Å². The van der Waals surface area contributed by atoms with Crippen LogP contribution in [-0.2, 0) is 21.8 Å². The van der Waals surface area contributed by atoms with E-state index < -0.39 is 36.9 Å². The van der Waals surface area contributed by atoms with Crippen molar-refractivity contribution in [2.45, 2.75) is 69.6 Å². The number of halogens is 3. The molecule has 0 radical (unpaired) electrons. The number of aromatic nitrogens is 3. The summed E-state index contributed by atoms with van der Waals surface area (Å²) in [7, 11) is -1.30. The van der Waals surface area contributed by atoms with Gasteiger partial charge < -0.3 is 14.4 Å². The molecule has 0 bridgehead atoms. The Morgan fingerprint density at radius 2 is 2.11 bits per heavy atom. The summed E-state index contributed by atoms with van der Waals surface area (Å²) >= 11 is 12.6. The second kappa shape index (κ2) is 10.9. The quantitative estimate of drug-likeness (QED) is 0.245. The summed E-state index contributed by atoms with van der Waals surface area (Å²) < 4.78 is 28.4. The molecule has 2 aliphatic rings. The lowest BCUT2D eigenvalue weighted by atomic mass is 9.83. The van der Waals surface area contributed by atoms with Gasteiger partial charge in [0.25, 0.3) is 5.91 Å². The maximum Gasteiger partial charge on any atom is 0.412 e. The van der Waals surface area contributed by atoms with Gasteiger partial charge in [0.05, 0.1) is 28.2 Å². The average Bonchev–Trinajstić information content (AvgIpc) is 3.26. The summed E-state index contributed by atoms with van der Waals surface area (Å²) in [6.07, 6.45) is 0.699. The van der Waals surface area contributed by atoms with E-state index in [1.807, 2.05) is 6.92 Å². The van der Waals surface area contributed by atoms with Crippen LogP contribution in [0.25, 0.3) is 0 Å². The number of rotatable bonds is 8. The summed E-state index contributed by atoms with van der Waals surface area (Å²) in [5, 5.41) is 10.4. The minimum absolute atomic E-state index is 0.0553. The Labute approximate surface area is 226 Å². The van der Waals surface area contributed by atoms with E-state index in [1.54, 1.807) is 4.57 Å². The lowest BCUT2D eigenvalue weighted by molar-refractivity contribution is -0.0423. The van der Waals surface area contributed by atoms with Gasteiger partial charge in [0, 0.05) is 21.2 Å². The number of benzene rings is 1. The van der Waals surface area contributed by atoms with Gasteiger partial charge in [0.2, 0.25) is 5.82 Å². The molecule has 1 saturated heterocycles. The Kier molecular flexibility index (Phi) is 8.18. The zero-order chi connectivity index (χ0) is 27.0. The van der Waals surface area contributed by atoms with Crippen molar-refractivity contribution in [3.63, 3.8) is 0 Å². The molecule has 13 heteroatoms. The molecule has 1 fully saturated rings. The normalized spacial score (nSPS) is 20.4. The number of amides is 2. The second-order valence-electron chi connectivity index (χ2n) is 10.7. The van der Waals surface area contributed by atoms with Gasteiger partial charge in [-0.2, -0.15) is 0 Å². The van der Waals surface area contributed by atoms with Crippen LogP contribution in [0.1, 0.15) is 53.6 Å². The number of likely N-dealkylation sites (tertiary alicyclic amines) is 1. The minimum Gasteiger partial charge on any atom is -0.436 e. The maximum absolute atomic E-state index is 15.2. The molecular weight excluding hydrogens is 540 g/mol. The molecule has 2 aromatic rings. The summed E-state index contributed by atoms with van der Waals surface area (Å²) in [4.78, 5) is 27.6. The van der Waals surface area contributed by atoms with Gasteiger partial charge in [-0.3, -0.25) is 14.7 Å². The fraction of sp³-hybridized carbons (Fsp3) is 0.583. The lowest BCUT2D eigenvalue weighted by Gasteiger charge is -2.45. The second-order valence-corrected chi connectivity index (χ2v) is 17.2. The average molecular weight is 573 g/mol. The highest BCUT2D eigenvalue weighted by Crippen LogP contribution is 2.45. The third-order valence-electron chi connectivity index (χ3n) is 6.64. The van der Waals surface area contributed by atoms with E-state index in [-0.39, 0.29) is 35.4 Å². The number of anilines is 1. The maximum atomic E-state index is 15.2. The number of nitrogens with one attached hydrogen (secondary N) is 1. The summed E-state index contributed by atoms with van der Waals surface area (Å²) in [5.41, 5.74) is -0.956. The Hall–Kier alpha value is -2.21. The molecule has 0 saturated carbocycles. The van der Waals surface area contributed by atoms with Crippen molar-refractivity contribution in [2.75, 3.05) is 25.0 Å². The smallest absolute Gasteiger partial charge is 0.412 e. The predicted octanol–water partition coefficient (Wildman–Crippen LogP) is 5.77. The number of fused-ring (bicyclic) bond motifs is 2. The fourth-order valence-electron chi connectivity index (χ4n) is 4.64. The number of ether oxygens (including phenoxy) is 2. The number of carbonyl (C=O) groups excluding carboxylic acids is 2. The molecule has 9 nitrogen and oxygen atoms in total. The molecule has 2 amide bonds. The Bertz CT molecular complexity index is 1190. The van der Waals surface area contributed by atoms with Gasteiger partial charge in [-0.15, -0.1) is 21.8 Å². The highest BCUT2D eigenvalue weighted by Gasteiger charge is 2.49. The topological polar surface area (TPSA) is 98.6 Å². The molecule has 1 spiro atoms. The van der Waals surface area contributed by atoms with Crippen molar-refractivity contribution in [1.29, 1.82) is 0 Å². The van der Waals surface area contributed by atoms with Crippen LogP contribution < -0.4 is 5.32 Å². The third kappa shape index (κ3) is 5.79. The standard InChI is InChI=1S/C24H32Cl2FN5O4Si/c1-5-15(25)20-29-30-21(32(20)14-35-11-12-37(2,3)4)22(33)31-10-6-9-24(13-31)18-17(28-23(34)36-24)8-7-16(26)19(18)27/h7-8,15H,5-6,9-14H2,1-4H3,(H,28,34)/t15?,24-/m0/s1. The van der Waals surface area contributed by atoms with Crippen LogP contribution in [0.15, 0.2) is 12.1 Å². The van der Waals surface area contributed by atoms with Gasteiger partial charge in [0.1, 0.15) is 6.73 Å².